The number of pyridine rings is 1. The van der Waals surface area contributed by atoms with E-state index in [1.54, 1.807) is 25.4 Å². The van der Waals surface area contributed by atoms with E-state index in [2.05, 4.69) is 56.7 Å². The highest BCUT2D eigenvalue weighted by atomic mass is 127. The van der Waals surface area contributed by atoms with Crippen molar-refractivity contribution in [3.8, 4) is 17.2 Å². The van der Waals surface area contributed by atoms with Gasteiger partial charge in [0.1, 0.15) is 11.5 Å². The van der Waals surface area contributed by atoms with Gasteiger partial charge in [-0.05, 0) is 52.8 Å². The molecule has 3 rings (SSSR count). The quantitative estimate of drug-likeness (QED) is 0.482. The lowest BCUT2D eigenvalue weighted by Crippen LogP contribution is -2.15. The number of nitrogen functional groups attached to an aromatic ring is 1. The van der Waals surface area contributed by atoms with Crippen molar-refractivity contribution in [2.75, 3.05) is 18.2 Å². The van der Waals surface area contributed by atoms with Gasteiger partial charge in [-0.25, -0.2) is 4.98 Å². The molecular formula is C20H20IN5O3. The molecule has 1 aromatic carbocycles. The van der Waals surface area contributed by atoms with E-state index in [4.69, 9.17) is 15.2 Å². The first kappa shape index (κ1) is 20.8. The fourth-order valence-corrected chi connectivity index (χ4v) is 3.22. The zero-order valence-corrected chi connectivity index (χ0v) is 18.3. The van der Waals surface area contributed by atoms with Gasteiger partial charge < -0.3 is 15.2 Å². The average molecular weight is 505 g/mol. The molecule has 2 heterocycles. The molecule has 0 aliphatic heterocycles. The number of aromatic nitrogens is 3. The highest BCUT2D eigenvalue weighted by Crippen LogP contribution is 2.37. The number of carbonyl (C=O) groups excluding carboxylic acids is 1. The SMILES string of the molecule is COc1cc(C(C)C)c(Oc2cnc(NC(=O)c3cccnc3)nc2N)cc1I. The smallest absolute Gasteiger partial charge is 0.259 e. The first-order chi connectivity index (χ1) is 13.9. The van der Waals surface area contributed by atoms with E-state index in [1.165, 1.54) is 12.4 Å². The molecule has 3 N–H and O–H groups in total. The predicted octanol–water partition coefficient (Wildman–Crippen LogP) is 4.24. The Morgan fingerprint density at radius 1 is 1.21 bits per heavy atom. The minimum absolute atomic E-state index is 0.0806. The monoisotopic (exact) mass is 505 g/mol. The van der Waals surface area contributed by atoms with E-state index >= 15 is 0 Å². The minimum Gasteiger partial charge on any atom is -0.496 e. The van der Waals surface area contributed by atoms with Gasteiger partial charge in [0.2, 0.25) is 5.95 Å². The van der Waals surface area contributed by atoms with Crippen LogP contribution in [0.2, 0.25) is 0 Å². The topological polar surface area (TPSA) is 112 Å². The van der Waals surface area contributed by atoms with Gasteiger partial charge in [0.05, 0.1) is 22.4 Å². The Bertz CT molecular complexity index is 1030. The fraction of sp³-hybridized carbons (Fsp3) is 0.200. The molecule has 0 bridgehead atoms. The molecular weight excluding hydrogens is 485 g/mol. The molecule has 1 amide bonds. The maximum Gasteiger partial charge on any atom is 0.259 e. The number of nitrogens with one attached hydrogen (secondary N) is 1. The summed E-state index contributed by atoms with van der Waals surface area (Å²) in [6.45, 7) is 4.12. The van der Waals surface area contributed by atoms with Gasteiger partial charge in [-0.3, -0.25) is 15.1 Å². The van der Waals surface area contributed by atoms with E-state index in [0.29, 0.717) is 17.1 Å². The Labute approximate surface area is 182 Å². The average Bonchev–Trinajstić information content (AvgIpc) is 2.70. The number of hydrogen-bond donors (Lipinski definition) is 2. The number of amides is 1. The number of carbonyl (C=O) groups is 1. The Kier molecular flexibility index (Phi) is 6.47. The van der Waals surface area contributed by atoms with Gasteiger partial charge in [0, 0.05) is 18.0 Å². The lowest BCUT2D eigenvalue weighted by atomic mass is 10.0. The van der Waals surface area contributed by atoms with Crippen LogP contribution in [0.15, 0.2) is 42.9 Å². The number of anilines is 2. The maximum atomic E-state index is 12.2. The van der Waals surface area contributed by atoms with Gasteiger partial charge in [-0.1, -0.05) is 13.8 Å². The minimum atomic E-state index is -0.377. The number of ether oxygens (including phenoxy) is 2. The van der Waals surface area contributed by atoms with Crippen molar-refractivity contribution >= 4 is 40.3 Å². The van der Waals surface area contributed by atoms with Crippen LogP contribution >= 0.6 is 22.6 Å². The number of methoxy groups -OCH3 is 1. The van der Waals surface area contributed by atoms with Crippen LogP contribution in [0, 0.1) is 3.57 Å². The third-order valence-electron chi connectivity index (χ3n) is 4.06. The Morgan fingerprint density at radius 3 is 2.62 bits per heavy atom. The summed E-state index contributed by atoms with van der Waals surface area (Å²) in [6.07, 6.45) is 4.47. The van der Waals surface area contributed by atoms with Crippen molar-refractivity contribution < 1.29 is 14.3 Å². The number of hydrogen-bond acceptors (Lipinski definition) is 7. The van der Waals surface area contributed by atoms with Crippen LogP contribution in [0.3, 0.4) is 0 Å². The van der Waals surface area contributed by atoms with Gasteiger partial charge in [0.15, 0.2) is 11.6 Å². The number of rotatable bonds is 6. The molecule has 0 atom stereocenters. The molecule has 0 fully saturated rings. The second kappa shape index (κ2) is 9.03. The summed E-state index contributed by atoms with van der Waals surface area (Å²) in [5.41, 5.74) is 7.40. The summed E-state index contributed by atoms with van der Waals surface area (Å²) in [5, 5.41) is 2.59. The van der Waals surface area contributed by atoms with Crippen molar-refractivity contribution in [3.63, 3.8) is 0 Å². The highest BCUT2D eigenvalue weighted by molar-refractivity contribution is 14.1. The highest BCUT2D eigenvalue weighted by Gasteiger charge is 2.16. The van der Waals surface area contributed by atoms with E-state index < -0.39 is 0 Å². The van der Waals surface area contributed by atoms with Gasteiger partial charge in [-0.15, -0.1) is 0 Å². The molecule has 2 aromatic heterocycles. The Balaban J connectivity index is 1.83. The number of halogens is 1. The van der Waals surface area contributed by atoms with Crippen LogP contribution in [-0.2, 0) is 0 Å². The Morgan fingerprint density at radius 2 is 2.00 bits per heavy atom. The van der Waals surface area contributed by atoms with Gasteiger partial charge >= 0.3 is 0 Å². The molecule has 0 aliphatic rings. The van der Waals surface area contributed by atoms with Crippen LogP contribution in [0.25, 0.3) is 0 Å². The van der Waals surface area contributed by atoms with E-state index in [9.17, 15) is 4.79 Å². The summed E-state index contributed by atoms with van der Waals surface area (Å²) in [7, 11) is 1.63. The normalized spacial score (nSPS) is 10.7. The largest absolute Gasteiger partial charge is 0.496 e. The van der Waals surface area contributed by atoms with Gasteiger partial charge in [-0.2, -0.15) is 4.98 Å². The van der Waals surface area contributed by atoms with E-state index in [-0.39, 0.29) is 23.6 Å². The first-order valence-corrected chi connectivity index (χ1v) is 9.86. The molecule has 0 saturated heterocycles. The van der Waals surface area contributed by atoms with Crippen molar-refractivity contribution in [2.24, 2.45) is 0 Å². The zero-order valence-electron chi connectivity index (χ0n) is 16.1. The molecule has 0 aliphatic carbocycles. The standard InChI is InChI=1S/C20H20IN5O3/c1-11(2)13-7-16(28-3)14(21)8-15(13)29-17-10-24-20(25-18(17)22)26-19(27)12-5-4-6-23-9-12/h4-11H,1-3H3,(H3,22,24,25,26,27). The van der Waals surface area contributed by atoms with Crippen molar-refractivity contribution in [1.82, 2.24) is 15.0 Å². The number of nitrogens with zero attached hydrogens (tertiary/aromatic N) is 3. The first-order valence-electron chi connectivity index (χ1n) is 8.78. The second-order valence-corrected chi connectivity index (χ2v) is 7.58. The fourth-order valence-electron chi connectivity index (χ4n) is 2.56. The molecule has 0 unspecified atom stereocenters. The summed E-state index contributed by atoms with van der Waals surface area (Å²) in [6, 6.07) is 7.14. The van der Waals surface area contributed by atoms with Crippen molar-refractivity contribution in [3.05, 3.63) is 57.6 Å². The third kappa shape index (κ3) is 4.91. The van der Waals surface area contributed by atoms with Crippen LogP contribution in [0.1, 0.15) is 35.7 Å². The summed E-state index contributed by atoms with van der Waals surface area (Å²) >= 11 is 2.18. The third-order valence-corrected chi connectivity index (χ3v) is 4.90. The van der Waals surface area contributed by atoms with Crippen LogP contribution in [0.4, 0.5) is 11.8 Å². The molecule has 0 spiro atoms. The van der Waals surface area contributed by atoms with Gasteiger partial charge in [0.25, 0.3) is 5.91 Å². The van der Waals surface area contributed by atoms with Crippen LogP contribution in [0.5, 0.6) is 17.2 Å². The zero-order chi connectivity index (χ0) is 21.0. The van der Waals surface area contributed by atoms with Crippen LogP contribution < -0.4 is 20.5 Å². The second-order valence-electron chi connectivity index (χ2n) is 6.42. The molecule has 150 valence electrons. The molecule has 0 radical (unpaired) electrons. The van der Waals surface area contributed by atoms with Crippen molar-refractivity contribution in [2.45, 2.75) is 19.8 Å². The van der Waals surface area contributed by atoms with Crippen LogP contribution in [-0.4, -0.2) is 28.0 Å². The van der Waals surface area contributed by atoms with Crippen molar-refractivity contribution in [1.29, 1.82) is 0 Å². The Hall–Kier alpha value is -2.95. The molecule has 0 saturated carbocycles. The van der Waals surface area contributed by atoms with E-state index in [0.717, 1.165) is 14.9 Å². The maximum absolute atomic E-state index is 12.2. The molecule has 3 aromatic rings. The lowest BCUT2D eigenvalue weighted by Gasteiger charge is -2.17. The molecule has 29 heavy (non-hydrogen) atoms. The lowest BCUT2D eigenvalue weighted by molar-refractivity contribution is 0.102. The summed E-state index contributed by atoms with van der Waals surface area (Å²) in [4.78, 5) is 24.4. The number of nitrogens with two attached hydrogens (primary N) is 1. The molecule has 9 heteroatoms. The van der Waals surface area contributed by atoms with E-state index in [1.807, 2.05) is 12.1 Å². The summed E-state index contributed by atoms with van der Waals surface area (Å²) in [5.74, 6) is 1.74. The number of benzene rings is 1. The predicted molar refractivity (Wildman–Crippen MR) is 119 cm³/mol. The molecule has 8 nitrogen and oxygen atoms in total. The summed E-state index contributed by atoms with van der Waals surface area (Å²) < 4.78 is 12.3.